The van der Waals surface area contributed by atoms with E-state index in [4.69, 9.17) is 14.5 Å². The summed E-state index contributed by atoms with van der Waals surface area (Å²) in [5, 5.41) is 6.03. The number of carbonyl (C=O) groups is 2. The third kappa shape index (κ3) is 4.95. The molecule has 1 unspecified atom stereocenters. The van der Waals surface area contributed by atoms with Gasteiger partial charge in [0.15, 0.2) is 0 Å². The van der Waals surface area contributed by atoms with Crippen LogP contribution in [-0.2, 0) is 6.42 Å². The van der Waals surface area contributed by atoms with E-state index in [-0.39, 0.29) is 23.8 Å². The number of nitrogens with one attached hydrogen (secondary N) is 1. The van der Waals surface area contributed by atoms with Gasteiger partial charge in [-0.05, 0) is 55.4 Å². The lowest BCUT2D eigenvalue weighted by molar-refractivity contribution is 0.0709. The summed E-state index contributed by atoms with van der Waals surface area (Å²) in [6.07, 6.45) is 4.72. The fourth-order valence-electron chi connectivity index (χ4n) is 5.19. The summed E-state index contributed by atoms with van der Waals surface area (Å²) in [7, 11) is 3.14. The van der Waals surface area contributed by atoms with E-state index in [1.54, 1.807) is 32.4 Å². The molecular formula is C28H31N3O4S. The molecule has 1 atom stereocenters. The van der Waals surface area contributed by atoms with E-state index in [2.05, 4.69) is 23.5 Å². The van der Waals surface area contributed by atoms with Crippen molar-refractivity contribution < 1.29 is 19.1 Å². The van der Waals surface area contributed by atoms with Gasteiger partial charge >= 0.3 is 0 Å². The molecule has 2 aromatic carbocycles. The quantitative estimate of drug-likeness (QED) is 0.511. The van der Waals surface area contributed by atoms with Gasteiger partial charge < -0.3 is 19.7 Å². The number of ether oxygens (including phenoxy) is 2. The molecule has 2 amide bonds. The molecule has 1 fully saturated rings. The highest BCUT2D eigenvalue weighted by atomic mass is 32.1. The van der Waals surface area contributed by atoms with Gasteiger partial charge in [-0.1, -0.05) is 24.3 Å². The van der Waals surface area contributed by atoms with Crippen molar-refractivity contribution in [3.05, 3.63) is 75.2 Å². The molecular weight excluding hydrogens is 474 g/mol. The van der Waals surface area contributed by atoms with Crippen LogP contribution in [0.2, 0.25) is 0 Å². The van der Waals surface area contributed by atoms with Crippen molar-refractivity contribution in [2.75, 3.05) is 27.3 Å². The number of carbonyl (C=O) groups excluding carboxylic acids is 2. The Kier molecular flexibility index (Phi) is 7.23. The van der Waals surface area contributed by atoms with Crippen molar-refractivity contribution >= 4 is 23.2 Å². The Balaban J connectivity index is 1.20. The number of benzene rings is 2. The summed E-state index contributed by atoms with van der Waals surface area (Å²) >= 11 is 1.54. The van der Waals surface area contributed by atoms with Crippen molar-refractivity contribution in [2.45, 2.75) is 44.1 Å². The van der Waals surface area contributed by atoms with E-state index >= 15 is 0 Å². The van der Waals surface area contributed by atoms with Crippen LogP contribution in [0.4, 0.5) is 0 Å². The third-order valence-electron chi connectivity index (χ3n) is 7.20. The summed E-state index contributed by atoms with van der Waals surface area (Å²) in [6.45, 7) is 1.28. The van der Waals surface area contributed by atoms with Gasteiger partial charge in [-0.15, -0.1) is 11.3 Å². The van der Waals surface area contributed by atoms with Gasteiger partial charge in [-0.3, -0.25) is 9.59 Å². The van der Waals surface area contributed by atoms with Crippen LogP contribution in [0.5, 0.6) is 11.5 Å². The van der Waals surface area contributed by atoms with Gasteiger partial charge in [0.2, 0.25) is 0 Å². The number of likely N-dealkylation sites (tertiary alicyclic amines) is 1. The van der Waals surface area contributed by atoms with Gasteiger partial charge in [-0.25, -0.2) is 4.98 Å². The Hall–Kier alpha value is -3.39. The average molecular weight is 506 g/mol. The lowest BCUT2D eigenvalue weighted by Crippen LogP contribution is -2.38. The van der Waals surface area contributed by atoms with Crippen LogP contribution in [0.25, 0.3) is 0 Å². The number of fused-ring (bicyclic) bond motifs is 1. The van der Waals surface area contributed by atoms with E-state index in [0.29, 0.717) is 35.8 Å². The fourth-order valence-corrected chi connectivity index (χ4v) is 6.16. The smallest absolute Gasteiger partial charge is 0.271 e. The maximum absolute atomic E-state index is 13.1. The molecule has 0 saturated carbocycles. The SMILES string of the molecule is COc1ccc(C(=O)N2CCC(c3nc(C(=O)NC4CCCc5ccccc54)cs3)CC2)c(OC)c1. The monoisotopic (exact) mass is 505 g/mol. The zero-order valence-corrected chi connectivity index (χ0v) is 21.5. The van der Waals surface area contributed by atoms with E-state index < -0.39 is 0 Å². The first-order valence-corrected chi connectivity index (χ1v) is 13.3. The van der Waals surface area contributed by atoms with Crippen LogP contribution in [0.3, 0.4) is 0 Å². The van der Waals surface area contributed by atoms with Gasteiger partial charge in [-0.2, -0.15) is 0 Å². The number of aromatic nitrogens is 1. The molecule has 5 rings (SSSR count). The van der Waals surface area contributed by atoms with E-state index in [1.807, 2.05) is 16.3 Å². The largest absolute Gasteiger partial charge is 0.497 e. The summed E-state index contributed by atoms with van der Waals surface area (Å²) < 4.78 is 10.7. The summed E-state index contributed by atoms with van der Waals surface area (Å²) in [6, 6.07) is 13.7. The normalized spacial score (nSPS) is 17.8. The summed E-state index contributed by atoms with van der Waals surface area (Å²) in [4.78, 5) is 32.7. The Morgan fingerprint density at radius 1 is 1.06 bits per heavy atom. The van der Waals surface area contributed by atoms with Crippen LogP contribution < -0.4 is 14.8 Å². The molecule has 0 spiro atoms. The molecule has 36 heavy (non-hydrogen) atoms. The van der Waals surface area contributed by atoms with Gasteiger partial charge in [0.05, 0.1) is 30.8 Å². The maximum Gasteiger partial charge on any atom is 0.271 e. The highest BCUT2D eigenvalue weighted by Gasteiger charge is 2.29. The average Bonchev–Trinajstić information content (AvgIpc) is 3.43. The standard InChI is InChI=1S/C28H31N3O4S/c1-34-20-10-11-22(25(16-20)35-2)28(33)31-14-12-19(13-15-31)27-30-24(17-36-27)26(32)29-23-9-5-7-18-6-3-4-8-21(18)23/h3-4,6,8,10-11,16-17,19,23H,5,7,9,12-15H2,1-2H3,(H,29,32). The molecule has 2 aliphatic rings. The molecule has 7 nitrogen and oxygen atoms in total. The van der Waals surface area contributed by atoms with E-state index in [9.17, 15) is 9.59 Å². The van der Waals surface area contributed by atoms with Crippen LogP contribution in [0, 0.1) is 0 Å². The molecule has 1 aliphatic carbocycles. The van der Waals surface area contributed by atoms with E-state index in [0.717, 1.165) is 37.1 Å². The maximum atomic E-state index is 13.1. The molecule has 188 valence electrons. The number of hydrogen-bond acceptors (Lipinski definition) is 6. The zero-order chi connectivity index (χ0) is 25.1. The third-order valence-corrected chi connectivity index (χ3v) is 8.21. The van der Waals surface area contributed by atoms with Crippen LogP contribution >= 0.6 is 11.3 Å². The van der Waals surface area contributed by atoms with Crippen LogP contribution in [-0.4, -0.2) is 49.0 Å². The molecule has 8 heteroatoms. The van der Waals surface area contributed by atoms with Crippen LogP contribution in [0.15, 0.2) is 47.8 Å². The van der Waals surface area contributed by atoms with Gasteiger partial charge in [0.25, 0.3) is 11.8 Å². The predicted molar refractivity (Wildman–Crippen MR) is 139 cm³/mol. The number of piperidine rings is 1. The minimum Gasteiger partial charge on any atom is -0.497 e. The Bertz CT molecular complexity index is 1250. The molecule has 3 aromatic rings. The first-order valence-electron chi connectivity index (χ1n) is 12.4. The Morgan fingerprint density at radius 3 is 2.64 bits per heavy atom. The lowest BCUT2D eigenvalue weighted by Gasteiger charge is -2.31. The second-order valence-corrected chi connectivity index (χ2v) is 10.2. The topological polar surface area (TPSA) is 80.8 Å². The molecule has 0 bridgehead atoms. The lowest BCUT2D eigenvalue weighted by atomic mass is 9.88. The predicted octanol–water partition coefficient (Wildman–Crippen LogP) is 4.99. The number of methoxy groups -OCH3 is 2. The minimum atomic E-state index is -0.113. The summed E-state index contributed by atoms with van der Waals surface area (Å²) in [5.41, 5.74) is 3.56. The van der Waals surface area contributed by atoms with Crippen molar-refractivity contribution in [1.82, 2.24) is 15.2 Å². The molecule has 0 radical (unpaired) electrons. The van der Waals surface area contributed by atoms with Crippen molar-refractivity contribution in [3.8, 4) is 11.5 Å². The molecule has 1 N–H and O–H groups in total. The number of hydrogen-bond donors (Lipinski definition) is 1. The fraction of sp³-hybridized carbons (Fsp3) is 0.393. The molecule has 1 aliphatic heterocycles. The number of rotatable bonds is 6. The Morgan fingerprint density at radius 2 is 1.86 bits per heavy atom. The zero-order valence-electron chi connectivity index (χ0n) is 20.7. The van der Waals surface area contributed by atoms with Gasteiger partial charge in [0, 0.05) is 30.5 Å². The highest BCUT2D eigenvalue weighted by Crippen LogP contribution is 2.33. The first kappa shape index (κ1) is 24.3. The minimum absolute atomic E-state index is 0.0387. The van der Waals surface area contributed by atoms with Crippen molar-refractivity contribution in [1.29, 1.82) is 0 Å². The first-order chi connectivity index (χ1) is 17.6. The number of thiazole rings is 1. The highest BCUT2D eigenvalue weighted by molar-refractivity contribution is 7.09. The summed E-state index contributed by atoms with van der Waals surface area (Å²) in [5.74, 6) is 1.25. The van der Waals surface area contributed by atoms with Gasteiger partial charge in [0.1, 0.15) is 17.2 Å². The second-order valence-electron chi connectivity index (χ2n) is 9.32. The van der Waals surface area contributed by atoms with Crippen molar-refractivity contribution in [2.24, 2.45) is 0 Å². The number of nitrogens with zero attached hydrogens (tertiary/aromatic N) is 2. The second kappa shape index (κ2) is 10.7. The van der Waals surface area contributed by atoms with E-state index in [1.165, 1.54) is 22.5 Å². The molecule has 2 heterocycles. The Labute approximate surface area is 215 Å². The number of aryl methyl sites for hydroxylation is 1. The van der Waals surface area contributed by atoms with Crippen LogP contribution in [0.1, 0.15) is 74.6 Å². The van der Waals surface area contributed by atoms with Crippen molar-refractivity contribution in [3.63, 3.8) is 0 Å². The number of amides is 2. The molecule has 1 aromatic heterocycles. The molecule has 1 saturated heterocycles.